The van der Waals surface area contributed by atoms with E-state index >= 15 is 0 Å². The fourth-order valence-corrected chi connectivity index (χ4v) is 3.19. The Bertz CT molecular complexity index is 561. The highest BCUT2D eigenvalue weighted by atomic mass is 32.2. The largest absolute Gasteiger partial charge is 0.480 e. The van der Waals surface area contributed by atoms with Crippen LogP contribution in [-0.2, 0) is 9.59 Å². The van der Waals surface area contributed by atoms with Gasteiger partial charge in [-0.15, -0.1) is 5.10 Å². The van der Waals surface area contributed by atoms with Gasteiger partial charge in [0.15, 0.2) is 0 Å². The van der Waals surface area contributed by atoms with Gasteiger partial charge in [-0.05, 0) is 23.3 Å². The maximum absolute atomic E-state index is 12.2. The normalized spacial score (nSPS) is 25.3. The summed E-state index contributed by atoms with van der Waals surface area (Å²) in [6.45, 7) is 0.0594. The van der Waals surface area contributed by atoms with Crippen LogP contribution in [0.25, 0.3) is 0 Å². The van der Waals surface area contributed by atoms with Gasteiger partial charge in [0.25, 0.3) is 0 Å². The molecule has 9 nitrogen and oxygen atoms in total. The first-order valence-electron chi connectivity index (χ1n) is 6.67. The number of tetrazole rings is 1. The number of thioether (sulfide) groups is 1. The van der Waals surface area contributed by atoms with Crippen molar-refractivity contribution < 1.29 is 19.8 Å². The molecule has 0 spiro atoms. The molecule has 2 heterocycles. The molecule has 0 unspecified atom stereocenters. The van der Waals surface area contributed by atoms with Gasteiger partial charge in [0, 0.05) is 13.0 Å². The highest BCUT2D eigenvalue weighted by molar-refractivity contribution is 7.99. The number of hydrogen-bond donors (Lipinski definition) is 2. The summed E-state index contributed by atoms with van der Waals surface area (Å²) < 4.78 is 1.70. The van der Waals surface area contributed by atoms with E-state index in [0.717, 1.165) is 12.8 Å². The number of amides is 1. The molecule has 1 aromatic heterocycles. The van der Waals surface area contributed by atoms with Gasteiger partial charge in [0.05, 0.1) is 17.9 Å². The standard InChI is InChI=1S/C11H15N5O4S/c17-7-3-8(10(19)20)15(4-7)9(18)5-21-11-12-13-14-16(11)6-1-2-6/h6-8,17H,1-5H2,(H,19,20)/t7-,8+/m1/s1. The van der Waals surface area contributed by atoms with E-state index < -0.39 is 18.1 Å². The second-order valence-corrected chi connectivity index (χ2v) is 6.16. The SMILES string of the molecule is O=C(O)[C@@H]1C[C@@H](O)CN1C(=O)CSc1nnnn1C1CC1. The Balaban J connectivity index is 1.60. The lowest BCUT2D eigenvalue weighted by Gasteiger charge is -2.20. The van der Waals surface area contributed by atoms with Crippen LogP contribution in [0, 0.1) is 0 Å². The Morgan fingerprint density at radius 3 is 2.81 bits per heavy atom. The second kappa shape index (κ2) is 5.60. The fourth-order valence-electron chi connectivity index (χ4n) is 2.36. The summed E-state index contributed by atoms with van der Waals surface area (Å²) in [5.41, 5.74) is 0. The molecule has 1 saturated carbocycles. The first kappa shape index (κ1) is 14.3. The number of carboxylic acid groups (broad SMARTS) is 1. The number of likely N-dealkylation sites (tertiary alicyclic amines) is 1. The molecular weight excluding hydrogens is 298 g/mol. The predicted octanol–water partition coefficient (Wildman–Crippen LogP) is -0.853. The van der Waals surface area contributed by atoms with Crippen LogP contribution in [0.15, 0.2) is 5.16 Å². The van der Waals surface area contributed by atoms with Crippen molar-refractivity contribution in [1.29, 1.82) is 0 Å². The Morgan fingerprint density at radius 2 is 2.14 bits per heavy atom. The molecule has 2 fully saturated rings. The fraction of sp³-hybridized carbons (Fsp3) is 0.727. The Hall–Kier alpha value is -1.68. The number of carboxylic acids is 1. The molecule has 1 saturated heterocycles. The molecule has 3 rings (SSSR count). The zero-order chi connectivity index (χ0) is 15.0. The van der Waals surface area contributed by atoms with E-state index in [2.05, 4.69) is 15.5 Å². The maximum Gasteiger partial charge on any atom is 0.326 e. The number of hydrogen-bond acceptors (Lipinski definition) is 7. The van der Waals surface area contributed by atoms with Crippen molar-refractivity contribution >= 4 is 23.6 Å². The van der Waals surface area contributed by atoms with Crippen LogP contribution >= 0.6 is 11.8 Å². The first-order chi connectivity index (χ1) is 10.1. The lowest BCUT2D eigenvalue weighted by molar-refractivity contribution is -0.147. The molecule has 0 aromatic carbocycles. The lowest BCUT2D eigenvalue weighted by Crippen LogP contribution is -2.41. The van der Waals surface area contributed by atoms with Crippen molar-refractivity contribution in [3.05, 3.63) is 0 Å². The highest BCUT2D eigenvalue weighted by Gasteiger charge is 2.39. The number of carbonyl (C=O) groups excluding carboxylic acids is 1. The quantitative estimate of drug-likeness (QED) is 0.674. The molecule has 114 valence electrons. The van der Waals surface area contributed by atoms with Gasteiger partial charge < -0.3 is 15.1 Å². The second-order valence-electron chi connectivity index (χ2n) is 5.22. The van der Waals surface area contributed by atoms with Gasteiger partial charge in [-0.1, -0.05) is 11.8 Å². The lowest BCUT2D eigenvalue weighted by atomic mass is 10.2. The van der Waals surface area contributed by atoms with Crippen LogP contribution in [0.4, 0.5) is 0 Å². The number of aliphatic carboxylic acids is 1. The van der Waals surface area contributed by atoms with E-state index in [1.807, 2.05) is 0 Å². The van der Waals surface area contributed by atoms with E-state index in [1.54, 1.807) is 4.68 Å². The van der Waals surface area contributed by atoms with Crippen LogP contribution in [-0.4, -0.2) is 71.6 Å². The topological polar surface area (TPSA) is 121 Å². The number of aromatic nitrogens is 4. The van der Waals surface area contributed by atoms with E-state index in [4.69, 9.17) is 5.11 Å². The van der Waals surface area contributed by atoms with Gasteiger partial charge in [0.1, 0.15) is 6.04 Å². The van der Waals surface area contributed by atoms with Gasteiger partial charge in [-0.2, -0.15) is 0 Å². The predicted molar refractivity (Wildman–Crippen MR) is 70.6 cm³/mol. The van der Waals surface area contributed by atoms with Crippen molar-refractivity contribution in [3.63, 3.8) is 0 Å². The third kappa shape index (κ3) is 3.00. The van der Waals surface area contributed by atoms with Crippen molar-refractivity contribution in [2.75, 3.05) is 12.3 Å². The average molecular weight is 313 g/mol. The molecule has 21 heavy (non-hydrogen) atoms. The van der Waals surface area contributed by atoms with Gasteiger partial charge in [-0.3, -0.25) is 4.79 Å². The molecule has 2 atom stereocenters. The van der Waals surface area contributed by atoms with Crippen LogP contribution in [0.1, 0.15) is 25.3 Å². The van der Waals surface area contributed by atoms with E-state index in [1.165, 1.54) is 16.7 Å². The number of β-amino-alcohol motifs (C(OH)–C–C–N with tert-alkyl or cyclic N) is 1. The molecule has 0 bridgehead atoms. The first-order valence-corrected chi connectivity index (χ1v) is 7.66. The van der Waals surface area contributed by atoms with Gasteiger partial charge in [-0.25, -0.2) is 9.48 Å². The monoisotopic (exact) mass is 313 g/mol. The van der Waals surface area contributed by atoms with Gasteiger partial charge >= 0.3 is 5.97 Å². The average Bonchev–Trinajstić information content (AvgIpc) is 3.04. The smallest absolute Gasteiger partial charge is 0.326 e. The summed E-state index contributed by atoms with van der Waals surface area (Å²) in [6.07, 6.45) is 1.36. The Morgan fingerprint density at radius 1 is 1.38 bits per heavy atom. The van der Waals surface area contributed by atoms with Gasteiger partial charge in [0.2, 0.25) is 11.1 Å². The Labute approximate surface area is 124 Å². The molecule has 1 aromatic rings. The molecule has 1 amide bonds. The third-order valence-electron chi connectivity index (χ3n) is 3.56. The molecule has 10 heteroatoms. The summed E-state index contributed by atoms with van der Waals surface area (Å²) in [7, 11) is 0. The zero-order valence-electron chi connectivity index (χ0n) is 11.1. The van der Waals surface area contributed by atoms with Crippen molar-refractivity contribution in [2.24, 2.45) is 0 Å². The maximum atomic E-state index is 12.2. The number of aliphatic hydroxyl groups is 1. The molecule has 2 aliphatic rings. The molecule has 2 N–H and O–H groups in total. The molecule has 1 aliphatic heterocycles. The van der Waals surface area contributed by atoms with Crippen LogP contribution in [0.5, 0.6) is 0 Å². The van der Waals surface area contributed by atoms with Crippen molar-refractivity contribution in [1.82, 2.24) is 25.1 Å². The summed E-state index contributed by atoms with van der Waals surface area (Å²) in [6, 6.07) is -0.634. The number of nitrogens with zero attached hydrogens (tertiary/aromatic N) is 5. The minimum absolute atomic E-state index is 0.0591. The van der Waals surface area contributed by atoms with Crippen molar-refractivity contribution in [3.8, 4) is 0 Å². The van der Waals surface area contributed by atoms with Crippen LogP contribution in [0.3, 0.4) is 0 Å². The summed E-state index contributed by atoms with van der Waals surface area (Å²) in [4.78, 5) is 24.5. The number of aliphatic hydroxyl groups excluding tert-OH is 1. The molecular formula is C11H15N5O4S. The third-order valence-corrected chi connectivity index (χ3v) is 4.48. The van der Waals surface area contributed by atoms with E-state index in [0.29, 0.717) is 11.2 Å². The van der Waals surface area contributed by atoms with Crippen LogP contribution in [0.2, 0.25) is 0 Å². The van der Waals surface area contributed by atoms with E-state index in [9.17, 15) is 14.7 Å². The zero-order valence-corrected chi connectivity index (χ0v) is 11.9. The minimum Gasteiger partial charge on any atom is -0.480 e. The summed E-state index contributed by atoms with van der Waals surface area (Å²) in [5, 5.41) is 30.5. The molecule has 1 aliphatic carbocycles. The Kier molecular flexibility index (Phi) is 3.81. The van der Waals surface area contributed by atoms with Crippen LogP contribution < -0.4 is 0 Å². The van der Waals surface area contributed by atoms with Crippen molar-refractivity contribution in [2.45, 2.75) is 42.6 Å². The summed E-state index contributed by atoms with van der Waals surface area (Å²) >= 11 is 1.19. The minimum atomic E-state index is -1.09. The molecule has 0 radical (unpaired) electrons. The van der Waals surface area contributed by atoms with E-state index in [-0.39, 0.29) is 24.6 Å². The number of carbonyl (C=O) groups is 2. The number of rotatable bonds is 5. The highest BCUT2D eigenvalue weighted by Crippen LogP contribution is 2.36. The summed E-state index contributed by atoms with van der Waals surface area (Å²) in [5.74, 6) is -1.36.